The number of fused-ring (bicyclic) bond motifs is 10. The van der Waals surface area contributed by atoms with Gasteiger partial charge in [-0.2, -0.15) is 0 Å². The van der Waals surface area contributed by atoms with E-state index in [4.69, 9.17) is 15.7 Å². The van der Waals surface area contributed by atoms with Gasteiger partial charge in [0, 0.05) is 11.8 Å². The predicted octanol–water partition coefficient (Wildman–Crippen LogP) is 12.8. The average molecular weight is 690 g/mol. The molecule has 0 bridgehead atoms. The van der Waals surface area contributed by atoms with Crippen molar-refractivity contribution in [2.24, 2.45) is 15.7 Å². The van der Waals surface area contributed by atoms with E-state index in [0.29, 0.717) is 5.84 Å². The second kappa shape index (κ2) is 13.1. The van der Waals surface area contributed by atoms with E-state index in [1.807, 2.05) is 24.4 Å². The van der Waals surface area contributed by atoms with Crippen molar-refractivity contribution in [3.63, 3.8) is 0 Å². The van der Waals surface area contributed by atoms with Gasteiger partial charge < -0.3 is 5.73 Å². The van der Waals surface area contributed by atoms with Crippen LogP contribution in [0.5, 0.6) is 0 Å². The Morgan fingerprint density at radius 1 is 0.444 bits per heavy atom. The molecule has 1 unspecified atom stereocenters. The molecule has 3 nitrogen and oxygen atoms in total. The van der Waals surface area contributed by atoms with Gasteiger partial charge in [0.25, 0.3) is 0 Å². The Balaban J connectivity index is 1.05. The van der Waals surface area contributed by atoms with Crippen molar-refractivity contribution < 1.29 is 0 Å². The summed E-state index contributed by atoms with van der Waals surface area (Å²) < 4.78 is 0. The molecule has 1 atom stereocenters. The highest BCUT2D eigenvalue weighted by atomic mass is 15.0. The minimum Gasteiger partial charge on any atom is -0.383 e. The fourth-order valence-electron chi connectivity index (χ4n) is 8.03. The number of benzene rings is 10. The summed E-state index contributed by atoms with van der Waals surface area (Å²) in [5.74, 6) is 0.454. The van der Waals surface area contributed by atoms with E-state index >= 15 is 0 Å². The molecule has 254 valence electrons. The molecular weight excluding hydrogens is 655 g/mol. The number of nitrogens with two attached hydrogens (primary N) is 1. The molecular formula is C51H35N3. The van der Waals surface area contributed by atoms with Gasteiger partial charge in [-0.3, -0.25) is 4.99 Å². The van der Waals surface area contributed by atoms with Gasteiger partial charge >= 0.3 is 0 Å². The largest absolute Gasteiger partial charge is 0.383 e. The van der Waals surface area contributed by atoms with Crippen LogP contribution in [0, 0.1) is 0 Å². The monoisotopic (exact) mass is 689 g/mol. The van der Waals surface area contributed by atoms with E-state index in [-0.39, 0.29) is 0 Å². The zero-order valence-electron chi connectivity index (χ0n) is 29.5. The Hall–Kier alpha value is -7.10. The average Bonchev–Trinajstić information content (AvgIpc) is 3.24. The Labute approximate surface area is 313 Å². The second-order valence-corrected chi connectivity index (χ2v) is 13.9. The molecule has 10 rings (SSSR count). The number of nitrogens with zero attached hydrogens (tertiary/aromatic N) is 2. The highest BCUT2D eigenvalue weighted by Crippen LogP contribution is 2.42. The normalized spacial score (nSPS) is 12.9. The van der Waals surface area contributed by atoms with E-state index in [0.717, 1.165) is 33.0 Å². The summed E-state index contributed by atoms with van der Waals surface area (Å²) in [4.78, 5) is 10.1. The summed E-state index contributed by atoms with van der Waals surface area (Å²) >= 11 is 0. The van der Waals surface area contributed by atoms with Crippen LogP contribution in [0.2, 0.25) is 0 Å². The summed E-state index contributed by atoms with van der Waals surface area (Å²) in [6.07, 6.45) is 1.40. The summed E-state index contributed by atoms with van der Waals surface area (Å²) in [6, 6.07) is 66.7. The number of aliphatic imine (C=N–C) groups is 2. The van der Waals surface area contributed by atoms with Crippen molar-refractivity contribution in [3.8, 4) is 11.1 Å². The fraction of sp³-hybridized carbons (Fsp3) is 0.0196. The molecule has 3 heteroatoms. The molecule has 0 aliphatic heterocycles. The third-order valence-electron chi connectivity index (χ3n) is 10.7. The molecule has 0 fully saturated rings. The number of hydrogen-bond acceptors (Lipinski definition) is 2. The predicted molar refractivity (Wildman–Crippen MR) is 231 cm³/mol. The van der Waals surface area contributed by atoms with Crippen LogP contribution in [-0.2, 0) is 0 Å². The molecule has 0 saturated carbocycles. The number of rotatable bonds is 6. The maximum Gasteiger partial charge on any atom is 0.167 e. The lowest BCUT2D eigenvalue weighted by Crippen LogP contribution is -2.15. The standard InChI is InChI=1S/C51H35N3/c52-50(39-27-25-34-11-1-3-13-37(34)29-39)54-51(40-28-26-35-12-2-4-14-38(35)30-40)53-32-33-21-23-36(24-22-33)47-31-48-43-17-6-5-15-41(43)42-16-7-9-19-45(42)49(48)46-20-10-8-18-44(46)47/h1-32,51H,(H2,52,54)/b53-32+. The lowest BCUT2D eigenvalue weighted by molar-refractivity contribution is 0.783. The molecule has 0 aliphatic carbocycles. The van der Waals surface area contributed by atoms with Gasteiger partial charge in [-0.25, -0.2) is 4.99 Å². The molecule has 0 radical (unpaired) electrons. The summed E-state index contributed by atoms with van der Waals surface area (Å²) in [6.45, 7) is 0. The summed E-state index contributed by atoms with van der Waals surface area (Å²) in [5, 5.41) is 14.8. The number of hydrogen-bond donors (Lipinski definition) is 1. The zero-order valence-corrected chi connectivity index (χ0v) is 29.5. The molecule has 10 aromatic rings. The first-order valence-electron chi connectivity index (χ1n) is 18.4. The van der Waals surface area contributed by atoms with E-state index < -0.39 is 6.17 Å². The third kappa shape index (κ3) is 5.55. The molecule has 0 aliphatic rings. The molecule has 10 aromatic carbocycles. The summed E-state index contributed by atoms with van der Waals surface area (Å²) in [7, 11) is 0. The van der Waals surface area contributed by atoms with Gasteiger partial charge in [0.1, 0.15) is 5.84 Å². The SMILES string of the molecule is N/C(=N\C(/N=C/c1ccc(-c2cc3c4ccccc4c4ccccc4c3c3ccccc23)cc1)c1ccc2ccccc2c1)c1ccc2ccccc2c1. The molecule has 0 amide bonds. The van der Waals surface area contributed by atoms with E-state index in [9.17, 15) is 0 Å². The van der Waals surface area contributed by atoms with Crippen LogP contribution in [0.15, 0.2) is 198 Å². The van der Waals surface area contributed by atoms with Crippen molar-refractivity contribution in [3.05, 3.63) is 205 Å². The van der Waals surface area contributed by atoms with E-state index in [2.05, 4.69) is 170 Å². The first-order valence-corrected chi connectivity index (χ1v) is 18.4. The Bertz CT molecular complexity index is 3120. The Morgan fingerprint density at radius 3 is 1.65 bits per heavy atom. The Kier molecular flexibility index (Phi) is 7.70. The third-order valence-corrected chi connectivity index (χ3v) is 10.7. The first-order chi connectivity index (χ1) is 26.7. The first kappa shape index (κ1) is 31.6. The molecule has 0 aromatic heterocycles. The highest BCUT2D eigenvalue weighted by molar-refractivity contribution is 6.33. The van der Waals surface area contributed by atoms with Crippen LogP contribution < -0.4 is 5.73 Å². The minimum absolute atomic E-state index is 0.454. The van der Waals surface area contributed by atoms with Crippen molar-refractivity contribution in [2.75, 3.05) is 0 Å². The summed E-state index contributed by atoms with van der Waals surface area (Å²) in [5.41, 5.74) is 11.9. The van der Waals surface area contributed by atoms with Gasteiger partial charge in [0.05, 0.1) is 0 Å². The maximum atomic E-state index is 6.72. The maximum absolute atomic E-state index is 6.72. The molecule has 0 saturated heterocycles. The van der Waals surface area contributed by atoms with Crippen LogP contribution >= 0.6 is 0 Å². The highest BCUT2D eigenvalue weighted by Gasteiger charge is 2.15. The quantitative estimate of drug-likeness (QED) is 0.105. The minimum atomic E-state index is -0.520. The van der Waals surface area contributed by atoms with E-state index in [1.165, 1.54) is 59.4 Å². The van der Waals surface area contributed by atoms with Crippen molar-refractivity contribution >= 4 is 76.7 Å². The van der Waals surface area contributed by atoms with Crippen LogP contribution in [0.1, 0.15) is 22.9 Å². The molecule has 0 spiro atoms. The molecule has 54 heavy (non-hydrogen) atoms. The van der Waals surface area contributed by atoms with Crippen LogP contribution in [0.25, 0.3) is 75.8 Å². The molecule has 0 heterocycles. The second-order valence-electron chi connectivity index (χ2n) is 13.9. The fourth-order valence-corrected chi connectivity index (χ4v) is 8.03. The van der Waals surface area contributed by atoms with Crippen molar-refractivity contribution in [1.29, 1.82) is 0 Å². The smallest absolute Gasteiger partial charge is 0.167 e. The van der Waals surface area contributed by atoms with Gasteiger partial charge in [0.15, 0.2) is 6.17 Å². The van der Waals surface area contributed by atoms with Gasteiger partial charge in [-0.05, 0) is 105 Å². The lowest BCUT2D eigenvalue weighted by atomic mass is 9.87. The molecule has 2 N–H and O–H groups in total. The van der Waals surface area contributed by atoms with Crippen LogP contribution in [-0.4, -0.2) is 12.1 Å². The topological polar surface area (TPSA) is 50.7 Å². The van der Waals surface area contributed by atoms with Gasteiger partial charge in [0.2, 0.25) is 0 Å². The Morgan fingerprint density at radius 2 is 0.963 bits per heavy atom. The zero-order chi connectivity index (χ0) is 36.0. The van der Waals surface area contributed by atoms with Gasteiger partial charge in [-0.1, -0.05) is 170 Å². The number of amidine groups is 1. The van der Waals surface area contributed by atoms with Crippen LogP contribution in [0.3, 0.4) is 0 Å². The lowest BCUT2D eigenvalue weighted by Gasteiger charge is -2.16. The van der Waals surface area contributed by atoms with Crippen LogP contribution in [0.4, 0.5) is 0 Å². The van der Waals surface area contributed by atoms with Crippen molar-refractivity contribution in [2.45, 2.75) is 6.17 Å². The van der Waals surface area contributed by atoms with Gasteiger partial charge in [-0.15, -0.1) is 0 Å². The van der Waals surface area contributed by atoms with E-state index in [1.54, 1.807) is 0 Å². The van der Waals surface area contributed by atoms with Crippen molar-refractivity contribution in [1.82, 2.24) is 0 Å².